The van der Waals surface area contributed by atoms with Gasteiger partial charge in [0.1, 0.15) is 5.75 Å². The first-order valence-electron chi connectivity index (χ1n) is 6.02. The van der Waals surface area contributed by atoms with E-state index in [0.29, 0.717) is 27.4 Å². The van der Waals surface area contributed by atoms with Crippen molar-refractivity contribution in [2.45, 2.75) is 12.8 Å². The SMILES string of the molecule is CCOc1ccc(NC(=O)c2ccc(Cl)s2)cc1CCl. The highest BCUT2D eigenvalue weighted by Gasteiger charge is 2.10. The summed E-state index contributed by atoms with van der Waals surface area (Å²) in [5, 5.41) is 2.81. The molecule has 0 unspecified atom stereocenters. The molecule has 1 N–H and O–H groups in total. The van der Waals surface area contributed by atoms with Gasteiger partial charge in [-0.05, 0) is 37.3 Å². The first-order valence-corrected chi connectivity index (χ1v) is 7.75. The first kappa shape index (κ1) is 15.2. The predicted molar refractivity (Wildman–Crippen MR) is 84.5 cm³/mol. The molecule has 106 valence electrons. The predicted octanol–water partition coefficient (Wildman–Crippen LogP) is 4.79. The van der Waals surface area contributed by atoms with Gasteiger partial charge >= 0.3 is 0 Å². The van der Waals surface area contributed by atoms with Crippen LogP contribution >= 0.6 is 34.5 Å². The Hall–Kier alpha value is -1.23. The van der Waals surface area contributed by atoms with Crippen molar-refractivity contribution >= 4 is 46.1 Å². The van der Waals surface area contributed by atoms with Crippen molar-refractivity contribution in [3.63, 3.8) is 0 Å². The third-order valence-corrected chi connectivity index (χ3v) is 4.08. The van der Waals surface area contributed by atoms with Gasteiger partial charge in [-0.15, -0.1) is 22.9 Å². The molecule has 0 radical (unpaired) electrons. The fourth-order valence-electron chi connectivity index (χ4n) is 1.69. The van der Waals surface area contributed by atoms with Crippen molar-refractivity contribution in [1.29, 1.82) is 0 Å². The van der Waals surface area contributed by atoms with Crippen LogP contribution in [0, 0.1) is 0 Å². The summed E-state index contributed by atoms with van der Waals surface area (Å²) in [4.78, 5) is 12.6. The highest BCUT2D eigenvalue weighted by Crippen LogP contribution is 2.26. The Morgan fingerprint density at radius 2 is 2.15 bits per heavy atom. The molecule has 1 aromatic heterocycles. The van der Waals surface area contributed by atoms with Crippen molar-refractivity contribution in [3.8, 4) is 5.75 Å². The molecule has 0 saturated carbocycles. The van der Waals surface area contributed by atoms with Crippen LogP contribution < -0.4 is 10.1 Å². The van der Waals surface area contributed by atoms with E-state index in [1.54, 1.807) is 24.3 Å². The Labute approximate surface area is 131 Å². The van der Waals surface area contributed by atoms with Gasteiger partial charge in [0, 0.05) is 11.3 Å². The zero-order valence-corrected chi connectivity index (χ0v) is 13.1. The lowest BCUT2D eigenvalue weighted by Crippen LogP contribution is -2.10. The van der Waals surface area contributed by atoms with Crippen molar-refractivity contribution in [1.82, 2.24) is 0 Å². The van der Waals surface area contributed by atoms with E-state index in [-0.39, 0.29) is 5.91 Å². The van der Waals surface area contributed by atoms with E-state index in [2.05, 4.69) is 5.32 Å². The quantitative estimate of drug-likeness (QED) is 0.801. The van der Waals surface area contributed by atoms with E-state index < -0.39 is 0 Å². The van der Waals surface area contributed by atoms with E-state index in [9.17, 15) is 4.79 Å². The topological polar surface area (TPSA) is 38.3 Å². The summed E-state index contributed by atoms with van der Waals surface area (Å²) < 4.78 is 6.05. The highest BCUT2D eigenvalue weighted by molar-refractivity contribution is 7.18. The number of benzene rings is 1. The van der Waals surface area contributed by atoms with Gasteiger partial charge in [-0.3, -0.25) is 4.79 Å². The number of hydrogen-bond donors (Lipinski definition) is 1. The lowest BCUT2D eigenvalue weighted by atomic mass is 10.2. The van der Waals surface area contributed by atoms with Gasteiger partial charge in [0.25, 0.3) is 5.91 Å². The van der Waals surface area contributed by atoms with Gasteiger partial charge in [-0.25, -0.2) is 0 Å². The van der Waals surface area contributed by atoms with Crippen LogP contribution in [-0.4, -0.2) is 12.5 Å². The average molecular weight is 330 g/mol. The minimum Gasteiger partial charge on any atom is -0.494 e. The van der Waals surface area contributed by atoms with Crippen LogP contribution in [0.4, 0.5) is 5.69 Å². The van der Waals surface area contributed by atoms with Crippen LogP contribution in [0.25, 0.3) is 0 Å². The molecular formula is C14H13Cl2NO2S. The monoisotopic (exact) mass is 329 g/mol. The lowest BCUT2D eigenvalue weighted by molar-refractivity contribution is 0.103. The molecule has 1 amide bonds. The van der Waals surface area contributed by atoms with Gasteiger partial charge in [0.15, 0.2) is 0 Å². The van der Waals surface area contributed by atoms with Crippen molar-refractivity contribution in [2.24, 2.45) is 0 Å². The standard InChI is InChI=1S/C14H13Cl2NO2S/c1-2-19-11-4-3-10(7-9(11)8-15)17-14(18)12-5-6-13(16)20-12/h3-7H,2,8H2,1H3,(H,17,18). The van der Waals surface area contributed by atoms with Crippen molar-refractivity contribution in [2.75, 3.05) is 11.9 Å². The molecule has 0 fully saturated rings. The Morgan fingerprint density at radius 1 is 1.35 bits per heavy atom. The second-order valence-electron chi connectivity index (χ2n) is 3.95. The summed E-state index contributed by atoms with van der Waals surface area (Å²) in [5.41, 5.74) is 1.52. The molecule has 0 aliphatic heterocycles. The largest absolute Gasteiger partial charge is 0.494 e. The fraction of sp³-hybridized carbons (Fsp3) is 0.214. The van der Waals surface area contributed by atoms with E-state index in [1.807, 2.05) is 13.0 Å². The third kappa shape index (κ3) is 3.66. The van der Waals surface area contributed by atoms with Crippen molar-refractivity contribution < 1.29 is 9.53 Å². The molecule has 6 heteroatoms. The molecule has 1 heterocycles. The number of hydrogen-bond acceptors (Lipinski definition) is 3. The molecule has 20 heavy (non-hydrogen) atoms. The summed E-state index contributed by atoms with van der Waals surface area (Å²) in [6.07, 6.45) is 0. The smallest absolute Gasteiger partial charge is 0.265 e. The first-order chi connectivity index (χ1) is 9.63. The van der Waals surface area contributed by atoms with Gasteiger partial charge in [0.2, 0.25) is 0 Å². The number of nitrogens with one attached hydrogen (secondary N) is 1. The van der Waals surface area contributed by atoms with E-state index in [1.165, 1.54) is 11.3 Å². The van der Waals surface area contributed by atoms with Crippen LogP contribution in [0.1, 0.15) is 22.2 Å². The van der Waals surface area contributed by atoms with Crippen LogP contribution in [0.15, 0.2) is 30.3 Å². The maximum Gasteiger partial charge on any atom is 0.265 e. The molecular weight excluding hydrogens is 317 g/mol. The second kappa shape index (κ2) is 6.97. The number of alkyl halides is 1. The second-order valence-corrected chi connectivity index (χ2v) is 5.93. The van der Waals surface area contributed by atoms with E-state index >= 15 is 0 Å². The molecule has 3 nitrogen and oxygen atoms in total. The maximum absolute atomic E-state index is 12.0. The van der Waals surface area contributed by atoms with Crippen LogP contribution in [0.2, 0.25) is 4.34 Å². The minimum atomic E-state index is -0.188. The molecule has 2 rings (SSSR count). The number of rotatable bonds is 5. The third-order valence-electron chi connectivity index (χ3n) is 2.56. The van der Waals surface area contributed by atoms with Gasteiger partial charge in [-0.2, -0.15) is 0 Å². The number of anilines is 1. The van der Waals surface area contributed by atoms with E-state index in [0.717, 1.165) is 11.3 Å². The number of thiophene rings is 1. The average Bonchev–Trinajstić information content (AvgIpc) is 2.87. The minimum absolute atomic E-state index is 0.188. The zero-order chi connectivity index (χ0) is 14.5. The Kier molecular flexibility index (Phi) is 5.29. The summed E-state index contributed by atoms with van der Waals surface area (Å²) in [7, 11) is 0. The molecule has 0 aliphatic carbocycles. The van der Waals surface area contributed by atoms with E-state index in [4.69, 9.17) is 27.9 Å². The Bertz CT molecular complexity index is 613. The van der Waals surface area contributed by atoms with Gasteiger partial charge in [-0.1, -0.05) is 11.6 Å². The summed E-state index contributed by atoms with van der Waals surface area (Å²) in [6.45, 7) is 2.48. The fourth-order valence-corrected chi connectivity index (χ4v) is 2.83. The number of halogens is 2. The Morgan fingerprint density at radius 3 is 2.75 bits per heavy atom. The van der Waals surface area contributed by atoms with Gasteiger partial charge in [0.05, 0.1) is 21.7 Å². The molecule has 2 aromatic rings. The van der Waals surface area contributed by atoms with Crippen LogP contribution in [0.3, 0.4) is 0 Å². The number of carbonyl (C=O) groups is 1. The Balaban J connectivity index is 2.15. The molecule has 0 saturated heterocycles. The molecule has 0 bridgehead atoms. The van der Waals surface area contributed by atoms with Gasteiger partial charge < -0.3 is 10.1 Å². The molecule has 0 spiro atoms. The maximum atomic E-state index is 12.0. The number of ether oxygens (including phenoxy) is 1. The highest BCUT2D eigenvalue weighted by atomic mass is 35.5. The van der Waals surface area contributed by atoms with Crippen molar-refractivity contribution in [3.05, 3.63) is 45.1 Å². The summed E-state index contributed by atoms with van der Waals surface area (Å²) in [6, 6.07) is 8.79. The van der Waals surface area contributed by atoms with Crippen LogP contribution in [0.5, 0.6) is 5.75 Å². The van der Waals surface area contributed by atoms with Crippen LogP contribution in [-0.2, 0) is 5.88 Å². The molecule has 0 atom stereocenters. The molecule has 1 aromatic carbocycles. The molecule has 0 aliphatic rings. The zero-order valence-electron chi connectivity index (χ0n) is 10.8. The number of carbonyl (C=O) groups excluding carboxylic acids is 1. The number of amides is 1. The summed E-state index contributed by atoms with van der Waals surface area (Å²) in [5.74, 6) is 0.871. The summed E-state index contributed by atoms with van der Waals surface area (Å²) >= 11 is 12.9. The normalized spacial score (nSPS) is 10.3. The lowest BCUT2D eigenvalue weighted by Gasteiger charge is -2.10.